The van der Waals surface area contributed by atoms with Crippen molar-refractivity contribution < 1.29 is 18.0 Å². The van der Waals surface area contributed by atoms with E-state index in [2.05, 4.69) is 10.3 Å². The molecular weight excluding hydrogens is 448 g/mol. The minimum absolute atomic E-state index is 0.00764. The zero-order valence-corrected chi connectivity index (χ0v) is 19.3. The Morgan fingerprint density at radius 3 is 2.50 bits per heavy atom. The molecule has 1 fully saturated rings. The monoisotopic (exact) mass is 470 g/mol. The molecule has 0 aliphatic carbocycles. The number of nitrogens with zero attached hydrogens (tertiary/aromatic N) is 3. The molecule has 3 rings (SSSR count). The van der Waals surface area contributed by atoms with Crippen LogP contribution in [0.15, 0.2) is 28.5 Å². The number of sulfonamides is 1. The van der Waals surface area contributed by atoms with E-state index in [1.807, 2.05) is 12.3 Å². The number of benzene rings is 1. The second-order valence-corrected chi connectivity index (χ2v) is 10.7. The van der Waals surface area contributed by atoms with E-state index in [-0.39, 0.29) is 33.2 Å². The number of likely N-dealkylation sites (tertiary alicyclic amines) is 1. The minimum atomic E-state index is -3.68. The minimum Gasteiger partial charge on any atom is -0.339 e. The number of thiazole rings is 1. The van der Waals surface area contributed by atoms with Gasteiger partial charge >= 0.3 is 0 Å². The molecule has 1 aromatic heterocycles. The second kappa shape index (κ2) is 9.01. The summed E-state index contributed by atoms with van der Waals surface area (Å²) in [7, 11) is -0.833. The lowest BCUT2D eigenvalue weighted by Gasteiger charge is -2.31. The van der Waals surface area contributed by atoms with Gasteiger partial charge in [-0.1, -0.05) is 11.6 Å². The lowest BCUT2D eigenvalue weighted by Crippen LogP contribution is -2.41. The van der Waals surface area contributed by atoms with Crippen LogP contribution < -0.4 is 5.32 Å². The Balaban J connectivity index is 1.67. The molecule has 11 heteroatoms. The molecule has 0 atom stereocenters. The van der Waals surface area contributed by atoms with Gasteiger partial charge in [-0.05, 0) is 38.0 Å². The smallest absolute Gasteiger partial charge is 0.255 e. The summed E-state index contributed by atoms with van der Waals surface area (Å²) in [6.45, 7) is 2.63. The standard InChI is InChI=1S/C19H23ClN4O4S2/c1-12-11-29-19(21-12)22-17(25)13-6-8-24(9-7-13)18(26)15-10-14(4-5-16(15)20)30(27,28)23(2)3/h4-5,10-11,13H,6-9H2,1-3H3,(H,21,22,25). The van der Waals surface area contributed by atoms with Crippen LogP contribution in [-0.2, 0) is 14.8 Å². The second-order valence-electron chi connectivity index (χ2n) is 7.28. The molecule has 2 heterocycles. The van der Waals surface area contributed by atoms with Gasteiger partial charge in [0.15, 0.2) is 5.13 Å². The van der Waals surface area contributed by atoms with E-state index in [0.717, 1.165) is 10.00 Å². The molecule has 0 bridgehead atoms. The number of aryl methyl sites for hydroxylation is 1. The van der Waals surface area contributed by atoms with Crippen LogP contribution in [0.3, 0.4) is 0 Å². The molecule has 30 heavy (non-hydrogen) atoms. The van der Waals surface area contributed by atoms with E-state index in [1.165, 1.54) is 43.6 Å². The van der Waals surface area contributed by atoms with Crippen LogP contribution in [-0.4, -0.2) is 61.6 Å². The van der Waals surface area contributed by atoms with Gasteiger partial charge in [-0.25, -0.2) is 17.7 Å². The number of halogens is 1. The Bertz CT molecular complexity index is 1060. The Labute approximate surface area is 184 Å². The first kappa shape index (κ1) is 22.7. The molecule has 1 saturated heterocycles. The summed E-state index contributed by atoms with van der Waals surface area (Å²) in [5.41, 5.74) is 0.992. The van der Waals surface area contributed by atoms with Crippen molar-refractivity contribution in [1.29, 1.82) is 0 Å². The van der Waals surface area contributed by atoms with Gasteiger partial charge in [0, 0.05) is 38.5 Å². The molecule has 0 saturated carbocycles. The largest absolute Gasteiger partial charge is 0.339 e. The number of anilines is 1. The predicted octanol–water partition coefficient (Wildman–Crippen LogP) is 2.85. The fourth-order valence-electron chi connectivity index (χ4n) is 3.17. The van der Waals surface area contributed by atoms with Crippen molar-refractivity contribution in [3.63, 3.8) is 0 Å². The Morgan fingerprint density at radius 1 is 1.27 bits per heavy atom. The van der Waals surface area contributed by atoms with Crippen molar-refractivity contribution in [2.75, 3.05) is 32.5 Å². The summed E-state index contributed by atoms with van der Waals surface area (Å²) in [6, 6.07) is 4.11. The average molecular weight is 471 g/mol. The van der Waals surface area contributed by atoms with Crippen LogP contribution >= 0.6 is 22.9 Å². The summed E-state index contributed by atoms with van der Waals surface area (Å²) >= 11 is 7.56. The van der Waals surface area contributed by atoms with Crippen LogP contribution in [0.4, 0.5) is 5.13 Å². The zero-order valence-electron chi connectivity index (χ0n) is 16.9. The van der Waals surface area contributed by atoms with Crippen LogP contribution in [0.2, 0.25) is 5.02 Å². The van der Waals surface area contributed by atoms with Gasteiger partial charge < -0.3 is 10.2 Å². The van der Waals surface area contributed by atoms with Gasteiger partial charge in [-0.15, -0.1) is 11.3 Å². The molecule has 1 N–H and O–H groups in total. The van der Waals surface area contributed by atoms with E-state index in [4.69, 9.17) is 11.6 Å². The van der Waals surface area contributed by atoms with Gasteiger partial charge in [0.25, 0.3) is 5.91 Å². The van der Waals surface area contributed by atoms with Crippen molar-refractivity contribution >= 4 is 49.9 Å². The number of hydrogen-bond acceptors (Lipinski definition) is 6. The number of aromatic nitrogens is 1. The molecule has 0 radical (unpaired) electrons. The highest BCUT2D eigenvalue weighted by atomic mass is 35.5. The molecule has 1 aliphatic rings. The molecule has 0 spiro atoms. The molecule has 0 unspecified atom stereocenters. The van der Waals surface area contributed by atoms with E-state index < -0.39 is 10.0 Å². The van der Waals surface area contributed by atoms with Gasteiger partial charge in [0.05, 0.1) is 21.2 Å². The Kier molecular flexibility index (Phi) is 6.81. The molecule has 1 aliphatic heterocycles. The number of amides is 2. The molecule has 162 valence electrons. The highest BCUT2D eigenvalue weighted by molar-refractivity contribution is 7.89. The van der Waals surface area contributed by atoms with Gasteiger partial charge in [-0.2, -0.15) is 0 Å². The maximum atomic E-state index is 13.0. The summed E-state index contributed by atoms with van der Waals surface area (Å²) in [5.74, 6) is -0.659. The summed E-state index contributed by atoms with van der Waals surface area (Å²) < 4.78 is 25.8. The van der Waals surface area contributed by atoms with Crippen LogP contribution in [0.25, 0.3) is 0 Å². The fourth-order valence-corrected chi connectivity index (χ4v) is 4.99. The van der Waals surface area contributed by atoms with Crippen LogP contribution in [0, 0.1) is 12.8 Å². The number of carbonyl (C=O) groups excluding carboxylic acids is 2. The van der Waals surface area contributed by atoms with Gasteiger partial charge in [-0.3, -0.25) is 9.59 Å². The van der Waals surface area contributed by atoms with E-state index >= 15 is 0 Å². The molecule has 8 nitrogen and oxygen atoms in total. The SMILES string of the molecule is Cc1csc(NC(=O)C2CCN(C(=O)c3cc(S(=O)(=O)N(C)C)ccc3Cl)CC2)n1. The Hall–Kier alpha value is -2.01. The third kappa shape index (κ3) is 4.83. The number of piperidine rings is 1. The molecular formula is C19H23ClN4O4S2. The third-order valence-corrected chi connectivity index (χ3v) is 7.97. The van der Waals surface area contributed by atoms with E-state index in [9.17, 15) is 18.0 Å². The highest BCUT2D eigenvalue weighted by Gasteiger charge is 2.30. The molecule has 2 aromatic rings. The quantitative estimate of drug-likeness (QED) is 0.724. The van der Waals surface area contributed by atoms with E-state index in [1.54, 1.807) is 4.90 Å². The van der Waals surface area contributed by atoms with Gasteiger partial charge in [0.2, 0.25) is 15.9 Å². The molecule has 1 aromatic carbocycles. The van der Waals surface area contributed by atoms with Crippen molar-refractivity contribution in [2.45, 2.75) is 24.7 Å². The maximum absolute atomic E-state index is 13.0. The fraction of sp³-hybridized carbons (Fsp3) is 0.421. The van der Waals surface area contributed by atoms with Gasteiger partial charge in [0.1, 0.15) is 0 Å². The topological polar surface area (TPSA) is 99.7 Å². The number of carbonyl (C=O) groups is 2. The summed E-state index contributed by atoms with van der Waals surface area (Å²) in [4.78, 5) is 31.3. The van der Waals surface area contributed by atoms with Crippen LogP contribution in [0.5, 0.6) is 0 Å². The molecule has 2 amide bonds. The first-order valence-electron chi connectivity index (χ1n) is 9.34. The van der Waals surface area contributed by atoms with E-state index in [0.29, 0.717) is 31.1 Å². The lowest BCUT2D eigenvalue weighted by molar-refractivity contribution is -0.121. The van der Waals surface area contributed by atoms with Crippen molar-refractivity contribution in [1.82, 2.24) is 14.2 Å². The number of nitrogens with one attached hydrogen (secondary N) is 1. The van der Waals surface area contributed by atoms with Crippen molar-refractivity contribution in [3.05, 3.63) is 39.9 Å². The average Bonchev–Trinajstić information content (AvgIpc) is 3.12. The third-order valence-electron chi connectivity index (χ3n) is 4.95. The predicted molar refractivity (Wildman–Crippen MR) is 116 cm³/mol. The van der Waals surface area contributed by atoms with Crippen LogP contribution in [0.1, 0.15) is 28.9 Å². The maximum Gasteiger partial charge on any atom is 0.255 e. The lowest BCUT2D eigenvalue weighted by atomic mass is 9.95. The first-order chi connectivity index (χ1) is 14.1. The number of hydrogen-bond donors (Lipinski definition) is 1. The number of rotatable bonds is 5. The summed E-state index contributed by atoms with van der Waals surface area (Å²) in [5, 5.41) is 5.45. The van der Waals surface area contributed by atoms with Crippen molar-refractivity contribution in [2.24, 2.45) is 5.92 Å². The summed E-state index contributed by atoms with van der Waals surface area (Å²) in [6.07, 6.45) is 1.02. The van der Waals surface area contributed by atoms with Crippen molar-refractivity contribution in [3.8, 4) is 0 Å². The highest BCUT2D eigenvalue weighted by Crippen LogP contribution is 2.26. The zero-order chi connectivity index (χ0) is 22.1. The normalized spacial score (nSPS) is 15.4. The first-order valence-corrected chi connectivity index (χ1v) is 12.0. The Morgan fingerprint density at radius 2 is 1.93 bits per heavy atom.